The second kappa shape index (κ2) is 6.08. The molecule has 3 fully saturated rings. The third kappa shape index (κ3) is 2.59. The van der Waals surface area contributed by atoms with Gasteiger partial charge in [0, 0.05) is 17.0 Å². The molecule has 0 radical (unpaired) electrons. The van der Waals surface area contributed by atoms with E-state index in [0.717, 1.165) is 23.6 Å². The molecule has 1 heterocycles. The summed E-state index contributed by atoms with van der Waals surface area (Å²) in [6, 6.07) is 13.4. The summed E-state index contributed by atoms with van der Waals surface area (Å²) in [4.78, 5) is 36.8. The van der Waals surface area contributed by atoms with Crippen molar-refractivity contribution < 1.29 is 23.9 Å². The topological polar surface area (TPSA) is 81.7 Å². The van der Waals surface area contributed by atoms with E-state index in [1.54, 1.807) is 0 Å². The molecule has 3 aliphatic rings. The second-order valence-corrected chi connectivity index (χ2v) is 7.60. The van der Waals surface area contributed by atoms with Crippen molar-refractivity contribution in [2.24, 2.45) is 23.7 Å². The van der Waals surface area contributed by atoms with E-state index in [4.69, 9.17) is 9.47 Å². The van der Waals surface area contributed by atoms with Crippen molar-refractivity contribution >= 4 is 34.3 Å². The Hall–Kier alpha value is -2.89. The fourth-order valence-corrected chi connectivity index (χ4v) is 5.08. The highest BCUT2D eigenvalue weighted by atomic mass is 16.6. The van der Waals surface area contributed by atoms with E-state index in [0.29, 0.717) is 5.69 Å². The predicted molar refractivity (Wildman–Crippen MR) is 96.6 cm³/mol. The lowest BCUT2D eigenvalue weighted by Crippen LogP contribution is -2.34. The number of rotatable bonds is 4. The molecular formula is C21H19NO5. The smallest absolute Gasteiger partial charge is 0.310 e. The Bertz CT molecular complexity index is 947. The lowest BCUT2D eigenvalue weighted by atomic mass is 9.80. The van der Waals surface area contributed by atoms with Crippen LogP contribution >= 0.6 is 0 Å². The summed E-state index contributed by atoms with van der Waals surface area (Å²) in [6.45, 7) is -0.360. The second-order valence-electron chi connectivity index (χ2n) is 7.60. The van der Waals surface area contributed by atoms with Crippen LogP contribution in [0.4, 0.5) is 5.69 Å². The zero-order valence-electron chi connectivity index (χ0n) is 14.6. The molecule has 1 amide bonds. The standard InChI is InChI=1S/C21H19NO5/c23-17(22-15-7-3-5-11-4-1-2-6-13(11)15)10-26-20(24)18-12-8-14-16(9-12)27-21(25)19(14)18/h1-7,12,14,16,18-19H,8-10H2,(H,22,23)/t12-,14-,16-,18+,19+/m1/s1. The molecular weight excluding hydrogens is 346 g/mol. The molecule has 1 saturated heterocycles. The molecule has 2 aromatic rings. The van der Waals surface area contributed by atoms with Gasteiger partial charge in [0.2, 0.25) is 0 Å². The van der Waals surface area contributed by atoms with Gasteiger partial charge in [0.15, 0.2) is 6.61 Å². The highest BCUT2D eigenvalue weighted by Gasteiger charge is 2.64. The van der Waals surface area contributed by atoms with Gasteiger partial charge in [0.05, 0.1) is 11.8 Å². The molecule has 1 aliphatic heterocycles. The van der Waals surface area contributed by atoms with Crippen LogP contribution < -0.4 is 5.32 Å². The van der Waals surface area contributed by atoms with Crippen LogP contribution in [0.15, 0.2) is 42.5 Å². The van der Waals surface area contributed by atoms with Gasteiger partial charge in [0.1, 0.15) is 6.10 Å². The van der Waals surface area contributed by atoms with Crippen molar-refractivity contribution in [2.45, 2.75) is 18.9 Å². The van der Waals surface area contributed by atoms with Gasteiger partial charge in [-0.15, -0.1) is 0 Å². The molecule has 1 N–H and O–H groups in total. The van der Waals surface area contributed by atoms with Gasteiger partial charge in [-0.05, 0) is 30.2 Å². The summed E-state index contributed by atoms with van der Waals surface area (Å²) in [5.41, 5.74) is 0.677. The van der Waals surface area contributed by atoms with Crippen LogP contribution in [-0.4, -0.2) is 30.6 Å². The number of hydrogen-bond donors (Lipinski definition) is 1. The van der Waals surface area contributed by atoms with Crippen LogP contribution in [0, 0.1) is 23.7 Å². The highest BCUT2D eigenvalue weighted by molar-refractivity contribution is 6.02. The Morgan fingerprint density at radius 3 is 2.81 bits per heavy atom. The number of amides is 1. The molecule has 6 nitrogen and oxygen atoms in total. The molecule has 6 heteroatoms. The van der Waals surface area contributed by atoms with Gasteiger partial charge in [-0.1, -0.05) is 36.4 Å². The number of carbonyl (C=O) groups excluding carboxylic acids is 3. The van der Waals surface area contributed by atoms with Crippen molar-refractivity contribution in [3.8, 4) is 0 Å². The number of hydrogen-bond acceptors (Lipinski definition) is 5. The minimum Gasteiger partial charge on any atom is -0.462 e. The summed E-state index contributed by atoms with van der Waals surface area (Å²) in [5.74, 6) is -1.72. The van der Waals surface area contributed by atoms with Crippen LogP contribution in [0.5, 0.6) is 0 Å². The van der Waals surface area contributed by atoms with E-state index in [2.05, 4.69) is 5.32 Å². The van der Waals surface area contributed by atoms with Crippen LogP contribution in [0.1, 0.15) is 12.8 Å². The maximum Gasteiger partial charge on any atom is 0.310 e. The summed E-state index contributed by atoms with van der Waals surface area (Å²) < 4.78 is 10.6. The lowest BCUT2D eigenvalue weighted by molar-refractivity contribution is -0.157. The van der Waals surface area contributed by atoms with Crippen LogP contribution in [0.25, 0.3) is 10.8 Å². The number of carbonyl (C=O) groups is 3. The van der Waals surface area contributed by atoms with Gasteiger partial charge in [-0.25, -0.2) is 0 Å². The van der Waals surface area contributed by atoms with Crippen molar-refractivity contribution in [1.29, 1.82) is 0 Å². The van der Waals surface area contributed by atoms with E-state index in [1.807, 2.05) is 42.5 Å². The molecule has 0 spiro atoms. The highest BCUT2D eigenvalue weighted by Crippen LogP contribution is 2.57. The van der Waals surface area contributed by atoms with Gasteiger partial charge in [0.25, 0.3) is 5.91 Å². The molecule has 0 unspecified atom stereocenters. The Labute approximate surface area is 155 Å². The predicted octanol–water partition coefficient (Wildman–Crippen LogP) is 2.52. The first kappa shape index (κ1) is 16.3. The lowest BCUT2D eigenvalue weighted by Gasteiger charge is -2.22. The summed E-state index contributed by atoms with van der Waals surface area (Å²) in [6.07, 6.45) is 1.55. The van der Waals surface area contributed by atoms with Crippen LogP contribution in [-0.2, 0) is 23.9 Å². The summed E-state index contributed by atoms with van der Waals surface area (Å²) in [7, 11) is 0. The molecule has 5 atom stereocenters. The number of nitrogens with one attached hydrogen (secondary N) is 1. The van der Waals surface area contributed by atoms with E-state index < -0.39 is 17.8 Å². The molecule has 2 aromatic carbocycles. The van der Waals surface area contributed by atoms with Gasteiger partial charge in [-0.2, -0.15) is 0 Å². The zero-order valence-corrected chi connectivity index (χ0v) is 14.6. The van der Waals surface area contributed by atoms with Crippen LogP contribution in [0.2, 0.25) is 0 Å². The minimum absolute atomic E-state index is 0.0220. The zero-order chi connectivity index (χ0) is 18.5. The van der Waals surface area contributed by atoms with E-state index in [1.165, 1.54) is 0 Å². The third-order valence-electron chi connectivity index (χ3n) is 6.16. The van der Waals surface area contributed by atoms with E-state index in [9.17, 15) is 14.4 Å². The monoisotopic (exact) mass is 365 g/mol. The van der Waals surface area contributed by atoms with Crippen molar-refractivity contribution in [1.82, 2.24) is 0 Å². The first-order valence-electron chi connectivity index (χ1n) is 9.26. The average Bonchev–Trinajstić information content (AvgIpc) is 3.29. The quantitative estimate of drug-likeness (QED) is 0.842. The molecule has 2 bridgehead atoms. The maximum atomic E-state index is 12.5. The molecule has 2 aliphatic carbocycles. The largest absolute Gasteiger partial charge is 0.462 e. The molecule has 138 valence electrons. The van der Waals surface area contributed by atoms with Gasteiger partial charge in [-0.3, -0.25) is 14.4 Å². The summed E-state index contributed by atoms with van der Waals surface area (Å²) in [5, 5.41) is 4.74. The first-order valence-corrected chi connectivity index (χ1v) is 9.26. The molecule has 5 rings (SSSR count). The Balaban J connectivity index is 1.23. The van der Waals surface area contributed by atoms with Gasteiger partial charge >= 0.3 is 11.9 Å². The molecule has 0 aromatic heterocycles. The van der Waals surface area contributed by atoms with E-state index in [-0.39, 0.29) is 36.4 Å². The fourth-order valence-electron chi connectivity index (χ4n) is 5.08. The Morgan fingerprint density at radius 1 is 1.11 bits per heavy atom. The SMILES string of the molecule is O=C(COC(=O)[C@H]1[C@@H]2C[C@H]3[C@@H]1C(=O)O[C@@H]3C2)Nc1cccc2ccccc12. The third-order valence-corrected chi connectivity index (χ3v) is 6.16. The first-order chi connectivity index (χ1) is 13.1. The minimum atomic E-state index is -0.466. The molecule has 27 heavy (non-hydrogen) atoms. The number of esters is 2. The Kier molecular flexibility index (Phi) is 3.67. The van der Waals surface area contributed by atoms with E-state index >= 15 is 0 Å². The normalized spacial score (nSPS) is 30.4. The number of benzene rings is 2. The van der Waals surface area contributed by atoms with Crippen molar-refractivity contribution in [3.05, 3.63) is 42.5 Å². The average molecular weight is 365 g/mol. The maximum absolute atomic E-state index is 12.5. The number of ether oxygens (including phenoxy) is 2. The summed E-state index contributed by atoms with van der Waals surface area (Å²) >= 11 is 0. The molecule has 2 saturated carbocycles. The number of fused-ring (bicyclic) bond motifs is 2. The number of anilines is 1. The van der Waals surface area contributed by atoms with Crippen molar-refractivity contribution in [3.63, 3.8) is 0 Å². The van der Waals surface area contributed by atoms with Crippen molar-refractivity contribution in [2.75, 3.05) is 11.9 Å². The Morgan fingerprint density at radius 2 is 1.93 bits per heavy atom. The van der Waals surface area contributed by atoms with Gasteiger partial charge < -0.3 is 14.8 Å². The fraction of sp³-hybridized carbons (Fsp3) is 0.381. The van der Waals surface area contributed by atoms with Crippen LogP contribution in [0.3, 0.4) is 0 Å².